The summed E-state index contributed by atoms with van der Waals surface area (Å²) >= 11 is 0. The molecule has 2 rings (SSSR count). The molecule has 4 heteroatoms. The molecule has 0 atom stereocenters. The third-order valence-electron chi connectivity index (χ3n) is 7.44. The fraction of sp³-hybridized carbons (Fsp3) is 0.647. The van der Waals surface area contributed by atoms with E-state index in [-0.39, 0.29) is 21.7 Å². The van der Waals surface area contributed by atoms with Crippen molar-refractivity contribution in [3.05, 3.63) is 68.8 Å². The molecule has 0 N–H and O–H groups in total. The first-order chi connectivity index (χ1) is 17.1. The maximum Gasteiger partial charge on any atom is 0.319 e. The van der Waals surface area contributed by atoms with Gasteiger partial charge in [0.25, 0.3) is 0 Å². The monoisotopic (exact) mass is 542 g/mol. The molecule has 0 fully saturated rings. The molecule has 2 aromatic rings. The quantitative estimate of drug-likeness (QED) is 0.311. The van der Waals surface area contributed by atoms with E-state index in [1.807, 2.05) is 0 Å². The molecule has 0 radical (unpaired) electrons. The van der Waals surface area contributed by atoms with E-state index in [9.17, 15) is 4.57 Å². The normalized spacial score (nSPS) is 13.4. The largest absolute Gasteiger partial charge is 0.319 e. The van der Waals surface area contributed by atoms with Crippen molar-refractivity contribution in [3.8, 4) is 0 Å². The van der Waals surface area contributed by atoms with E-state index in [4.69, 9.17) is 9.05 Å². The van der Waals surface area contributed by atoms with Gasteiger partial charge in [-0.1, -0.05) is 107 Å². The Hall–Kier alpha value is -1.41. The summed E-state index contributed by atoms with van der Waals surface area (Å²) < 4.78 is 24.1. The molecule has 0 heterocycles. The maximum atomic E-state index is 12.7. The van der Waals surface area contributed by atoms with Crippen molar-refractivity contribution in [2.45, 2.75) is 131 Å². The van der Waals surface area contributed by atoms with Gasteiger partial charge < -0.3 is 9.05 Å². The molecule has 0 unspecified atom stereocenters. The lowest BCUT2D eigenvalue weighted by molar-refractivity contribution is 0.229. The molecule has 0 saturated heterocycles. The van der Waals surface area contributed by atoms with Crippen molar-refractivity contribution in [1.82, 2.24) is 0 Å². The van der Waals surface area contributed by atoms with Crippen LogP contribution >= 0.6 is 8.25 Å². The second kappa shape index (κ2) is 12.0. The first kappa shape index (κ1) is 32.8. The molecule has 3 nitrogen and oxygen atoms in total. The average molecular weight is 543 g/mol. The summed E-state index contributed by atoms with van der Waals surface area (Å²) in [4.78, 5) is 0. The molecule has 0 bridgehead atoms. The van der Waals surface area contributed by atoms with Gasteiger partial charge in [-0.2, -0.15) is 0 Å². The van der Waals surface area contributed by atoms with E-state index >= 15 is 0 Å². The van der Waals surface area contributed by atoms with Gasteiger partial charge in [0.05, 0.1) is 13.2 Å². The van der Waals surface area contributed by atoms with Crippen LogP contribution in [0.15, 0.2) is 24.3 Å². The van der Waals surface area contributed by atoms with Gasteiger partial charge in [-0.25, -0.2) is 0 Å². The lowest BCUT2D eigenvalue weighted by Gasteiger charge is -2.29. The second-order valence-electron chi connectivity index (χ2n) is 15.1. The summed E-state index contributed by atoms with van der Waals surface area (Å²) in [6, 6.07) is 9.29. The van der Waals surface area contributed by atoms with Gasteiger partial charge in [0.15, 0.2) is 0 Å². The Bertz CT molecular complexity index is 1040. The first-order valence-electron chi connectivity index (χ1n) is 14.2. The summed E-state index contributed by atoms with van der Waals surface area (Å²) in [6.45, 7) is 32.2. The van der Waals surface area contributed by atoms with E-state index in [0.717, 1.165) is 12.8 Å². The van der Waals surface area contributed by atoms with Crippen molar-refractivity contribution < 1.29 is 13.6 Å². The maximum absolute atomic E-state index is 12.7. The zero-order valence-corrected chi connectivity index (χ0v) is 27.9. The fourth-order valence-electron chi connectivity index (χ4n) is 5.02. The lowest BCUT2D eigenvalue weighted by Crippen LogP contribution is -2.20. The molecule has 0 aromatic heterocycles. The standard InChI is InChI=1S/C34H55O3P/c1-23-19-25(31(3,4)5)21-29(33(9,10)11)27(23)15-17-36-38(35)37-18-16-28-24(2)20-26(32(6,7)8)22-30(28)34(12,13)14/h19-22,38H,15-18H2,1-14H3. The molecule has 0 aliphatic rings. The molecule has 0 aliphatic carbocycles. The number of hydrogen-bond acceptors (Lipinski definition) is 3. The van der Waals surface area contributed by atoms with E-state index in [1.165, 1.54) is 44.5 Å². The Kier molecular flexibility index (Phi) is 10.4. The van der Waals surface area contributed by atoms with Gasteiger partial charge in [0.2, 0.25) is 0 Å². The number of rotatable bonds is 8. The van der Waals surface area contributed by atoms with Gasteiger partial charge in [0.1, 0.15) is 0 Å². The molecule has 0 amide bonds. The third-order valence-corrected chi connectivity index (χ3v) is 8.32. The van der Waals surface area contributed by atoms with Crippen LogP contribution in [0.5, 0.6) is 0 Å². The van der Waals surface area contributed by atoms with Crippen LogP contribution in [0.2, 0.25) is 0 Å². The Balaban J connectivity index is 2.07. The Morgan fingerprint density at radius 2 is 0.868 bits per heavy atom. The Morgan fingerprint density at radius 1 is 0.553 bits per heavy atom. The molecular weight excluding hydrogens is 487 g/mol. The highest BCUT2D eigenvalue weighted by Gasteiger charge is 2.25. The van der Waals surface area contributed by atoms with Crippen LogP contribution in [0.25, 0.3) is 0 Å². The summed E-state index contributed by atoms with van der Waals surface area (Å²) in [5.74, 6) is 0. The highest BCUT2D eigenvalue weighted by molar-refractivity contribution is 7.33. The minimum atomic E-state index is -2.56. The van der Waals surface area contributed by atoms with Gasteiger partial charge in [-0.05, 0) is 92.9 Å². The van der Waals surface area contributed by atoms with Crippen molar-refractivity contribution in [3.63, 3.8) is 0 Å². The zero-order chi connectivity index (χ0) is 29.3. The first-order valence-corrected chi connectivity index (χ1v) is 15.4. The predicted octanol–water partition coefficient (Wildman–Crippen LogP) is 9.70. The van der Waals surface area contributed by atoms with Gasteiger partial charge in [-0.3, -0.25) is 4.57 Å². The molecular formula is C34H55O3P. The van der Waals surface area contributed by atoms with E-state index in [1.54, 1.807) is 0 Å². The Labute approximate surface area is 235 Å². The summed E-state index contributed by atoms with van der Waals surface area (Å²) in [6.07, 6.45) is 1.45. The third kappa shape index (κ3) is 8.80. The molecule has 214 valence electrons. The van der Waals surface area contributed by atoms with E-state index in [2.05, 4.69) is 121 Å². The number of benzene rings is 2. The topological polar surface area (TPSA) is 35.5 Å². The van der Waals surface area contributed by atoms with Gasteiger partial charge in [-0.15, -0.1) is 0 Å². The molecule has 38 heavy (non-hydrogen) atoms. The fourth-order valence-corrected chi connectivity index (χ4v) is 5.64. The molecule has 0 spiro atoms. The second-order valence-corrected chi connectivity index (χ2v) is 16.2. The van der Waals surface area contributed by atoms with Crippen molar-refractivity contribution in [2.24, 2.45) is 0 Å². The summed E-state index contributed by atoms with van der Waals surface area (Å²) in [5.41, 5.74) is 10.8. The van der Waals surface area contributed by atoms with Crippen LogP contribution in [0.3, 0.4) is 0 Å². The summed E-state index contributed by atoms with van der Waals surface area (Å²) in [7, 11) is -2.56. The minimum Gasteiger partial charge on any atom is -0.310 e. The SMILES string of the molecule is Cc1cc(C(C)(C)C)cc(C(C)(C)C)c1CCO[PH](=O)OCCc1c(C)cc(C(C)(C)C)cc1C(C)(C)C. The van der Waals surface area contributed by atoms with Crippen LogP contribution < -0.4 is 0 Å². The lowest BCUT2D eigenvalue weighted by atomic mass is 9.76. The highest BCUT2D eigenvalue weighted by Crippen LogP contribution is 2.36. The van der Waals surface area contributed by atoms with Crippen LogP contribution in [0, 0.1) is 13.8 Å². The van der Waals surface area contributed by atoms with Crippen LogP contribution in [-0.4, -0.2) is 13.2 Å². The van der Waals surface area contributed by atoms with Crippen LogP contribution in [0.1, 0.15) is 128 Å². The Morgan fingerprint density at radius 3 is 1.13 bits per heavy atom. The zero-order valence-electron chi connectivity index (χ0n) is 26.9. The number of aryl methyl sites for hydroxylation is 2. The molecule has 2 aromatic carbocycles. The van der Waals surface area contributed by atoms with Crippen LogP contribution in [0.4, 0.5) is 0 Å². The van der Waals surface area contributed by atoms with Crippen molar-refractivity contribution >= 4 is 8.25 Å². The molecule has 0 saturated carbocycles. The minimum absolute atomic E-state index is 0.0221. The highest BCUT2D eigenvalue weighted by atomic mass is 31.1. The summed E-state index contributed by atoms with van der Waals surface area (Å²) in [5, 5.41) is 0. The van der Waals surface area contributed by atoms with E-state index < -0.39 is 8.25 Å². The average Bonchev–Trinajstić information content (AvgIpc) is 2.72. The smallest absolute Gasteiger partial charge is 0.310 e. The van der Waals surface area contributed by atoms with Crippen LogP contribution in [-0.2, 0) is 48.1 Å². The van der Waals surface area contributed by atoms with Crippen molar-refractivity contribution in [1.29, 1.82) is 0 Å². The predicted molar refractivity (Wildman–Crippen MR) is 165 cm³/mol. The van der Waals surface area contributed by atoms with Gasteiger partial charge >= 0.3 is 8.25 Å². The number of hydrogen-bond donors (Lipinski definition) is 0. The molecule has 0 aliphatic heterocycles. The van der Waals surface area contributed by atoms with Crippen molar-refractivity contribution in [2.75, 3.05) is 13.2 Å². The van der Waals surface area contributed by atoms with Gasteiger partial charge in [0, 0.05) is 0 Å². The van der Waals surface area contributed by atoms with E-state index in [0.29, 0.717) is 13.2 Å².